The summed E-state index contributed by atoms with van der Waals surface area (Å²) in [4.78, 5) is 17.6. The van der Waals surface area contributed by atoms with Crippen molar-refractivity contribution in [1.82, 2.24) is 10.5 Å². The summed E-state index contributed by atoms with van der Waals surface area (Å²) in [6, 6.07) is 15.4. The molecule has 1 saturated carbocycles. The van der Waals surface area contributed by atoms with Crippen molar-refractivity contribution in [3.63, 3.8) is 0 Å². The minimum Gasteiger partial charge on any atom is -0.483 e. The Hall–Kier alpha value is -2.49. The lowest BCUT2D eigenvalue weighted by Crippen LogP contribution is -2.38. The van der Waals surface area contributed by atoms with E-state index in [0.29, 0.717) is 22.8 Å². The lowest BCUT2D eigenvalue weighted by molar-refractivity contribution is -0.348. The minimum absolute atomic E-state index is 0.168. The molecule has 39 heavy (non-hydrogen) atoms. The fraction of sp³-hybridized carbons (Fsp3) is 0.581. The molecule has 0 unspecified atom stereocenters. The van der Waals surface area contributed by atoms with Crippen LogP contribution in [-0.4, -0.2) is 52.0 Å². The standard InChI is InChI=1S/C31H44N2O6/c1-2-3-5-12-25(34)14-15-26-27-16-23-11-8-13-30(28(23)17-24(27)18-29(26)35)38-20-31(36)32-21-33(37)39-19-22-9-6-4-7-10-22/h4,6-11,13,24-27,29,34-35,37H,2-3,5,12,14-21H2,1H3,(H,32,36)/t24-,25-,26+,27-,29+/m0/s1. The van der Waals surface area contributed by atoms with Gasteiger partial charge in [0.15, 0.2) is 6.61 Å². The fourth-order valence-electron chi connectivity index (χ4n) is 6.22. The van der Waals surface area contributed by atoms with E-state index in [-0.39, 0.29) is 43.9 Å². The Balaban J connectivity index is 1.24. The normalized spacial score (nSPS) is 22.8. The molecule has 214 valence electrons. The van der Waals surface area contributed by atoms with Crippen LogP contribution in [0.2, 0.25) is 0 Å². The second-order valence-corrected chi connectivity index (χ2v) is 11.1. The molecule has 2 aliphatic carbocycles. The molecule has 4 rings (SSSR count). The van der Waals surface area contributed by atoms with Crippen molar-refractivity contribution in [2.24, 2.45) is 17.8 Å². The molecule has 5 atom stereocenters. The van der Waals surface area contributed by atoms with E-state index >= 15 is 0 Å². The zero-order valence-corrected chi connectivity index (χ0v) is 23.0. The number of aliphatic hydroxyl groups excluding tert-OH is 2. The fourth-order valence-corrected chi connectivity index (χ4v) is 6.22. The molecular weight excluding hydrogens is 496 g/mol. The largest absolute Gasteiger partial charge is 0.483 e. The van der Waals surface area contributed by atoms with Gasteiger partial charge in [-0.2, -0.15) is 0 Å². The van der Waals surface area contributed by atoms with Crippen LogP contribution in [0.5, 0.6) is 5.75 Å². The summed E-state index contributed by atoms with van der Waals surface area (Å²) in [5, 5.41) is 34.3. The summed E-state index contributed by atoms with van der Waals surface area (Å²) >= 11 is 0. The Morgan fingerprint density at radius 3 is 2.72 bits per heavy atom. The Morgan fingerprint density at radius 2 is 1.92 bits per heavy atom. The van der Waals surface area contributed by atoms with Gasteiger partial charge in [0.1, 0.15) is 12.4 Å². The van der Waals surface area contributed by atoms with Crippen molar-refractivity contribution >= 4 is 5.91 Å². The van der Waals surface area contributed by atoms with Gasteiger partial charge in [-0.3, -0.25) is 14.8 Å². The van der Waals surface area contributed by atoms with Gasteiger partial charge in [-0.1, -0.05) is 68.7 Å². The third kappa shape index (κ3) is 8.50. The van der Waals surface area contributed by atoms with Crippen LogP contribution in [0.4, 0.5) is 0 Å². The second kappa shape index (κ2) is 14.8. The highest BCUT2D eigenvalue weighted by Crippen LogP contribution is 2.48. The number of unbranched alkanes of at least 4 members (excludes halogenated alkanes) is 2. The van der Waals surface area contributed by atoms with E-state index in [1.807, 2.05) is 42.5 Å². The highest BCUT2D eigenvalue weighted by Gasteiger charge is 2.44. The summed E-state index contributed by atoms with van der Waals surface area (Å²) in [6.45, 7) is 2.01. The minimum atomic E-state index is -0.363. The number of rotatable bonds is 15. The van der Waals surface area contributed by atoms with Crippen LogP contribution < -0.4 is 10.1 Å². The van der Waals surface area contributed by atoms with Crippen LogP contribution in [0, 0.1) is 17.8 Å². The third-order valence-electron chi connectivity index (χ3n) is 8.31. The highest BCUT2D eigenvalue weighted by molar-refractivity contribution is 5.77. The van der Waals surface area contributed by atoms with E-state index in [1.165, 1.54) is 5.56 Å². The number of hydrogen-bond acceptors (Lipinski definition) is 7. The average molecular weight is 541 g/mol. The first-order valence-electron chi connectivity index (χ1n) is 14.4. The van der Waals surface area contributed by atoms with Gasteiger partial charge in [-0.15, -0.1) is 0 Å². The summed E-state index contributed by atoms with van der Waals surface area (Å²) in [5.41, 5.74) is 3.24. The molecule has 2 aromatic carbocycles. The van der Waals surface area contributed by atoms with E-state index in [2.05, 4.69) is 18.3 Å². The van der Waals surface area contributed by atoms with E-state index in [0.717, 1.165) is 68.9 Å². The topological polar surface area (TPSA) is 111 Å². The first kappa shape index (κ1) is 29.5. The van der Waals surface area contributed by atoms with E-state index in [4.69, 9.17) is 9.57 Å². The maximum atomic E-state index is 12.4. The molecule has 4 N–H and O–H groups in total. The number of benzene rings is 2. The van der Waals surface area contributed by atoms with Crippen molar-refractivity contribution in [2.75, 3.05) is 13.3 Å². The molecule has 8 nitrogen and oxygen atoms in total. The van der Waals surface area contributed by atoms with Crippen molar-refractivity contribution in [1.29, 1.82) is 0 Å². The lowest BCUT2D eigenvalue weighted by atomic mass is 9.73. The highest BCUT2D eigenvalue weighted by atomic mass is 16.9. The maximum Gasteiger partial charge on any atom is 0.259 e. The van der Waals surface area contributed by atoms with E-state index in [9.17, 15) is 20.2 Å². The predicted molar refractivity (Wildman–Crippen MR) is 148 cm³/mol. The van der Waals surface area contributed by atoms with Crippen LogP contribution >= 0.6 is 0 Å². The molecule has 2 aromatic rings. The first-order valence-corrected chi connectivity index (χ1v) is 14.4. The summed E-state index contributed by atoms with van der Waals surface area (Å²) in [5.74, 6) is 1.33. The number of hydroxylamine groups is 2. The van der Waals surface area contributed by atoms with Gasteiger partial charge in [-0.25, -0.2) is 0 Å². The predicted octanol–water partition coefficient (Wildman–Crippen LogP) is 4.40. The van der Waals surface area contributed by atoms with Crippen LogP contribution in [0.1, 0.15) is 68.6 Å². The Kier molecular flexibility index (Phi) is 11.2. The molecular formula is C31H44N2O6. The SMILES string of the molecule is CCCCC[C@H](O)CC[C@@H]1[C@H]2Cc3cccc(OCC(=O)NCN(O)OCc4ccccc4)c3C[C@H]2C[C@H]1O. The molecule has 2 aliphatic rings. The number of nitrogens with zero attached hydrogens (tertiary/aromatic N) is 1. The number of hydrogen-bond donors (Lipinski definition) is 4. The smallest absolute Gasteiger partial charge is 0.259 e. The molecule has 0 radical (unpaired) electrons. The van der Waals surface area contributed by atoms with Gasteiger partial charge in [0, 0.05) is 0 Å². The van der Waals surface area contributed by atoms with E-state index < -0.39 is 0 Å². The molecule has 0 heterocycles. The van der Waals surface area contributed by atoms with Gasteiger partial charge in [0.2, 0.25) is 0 Å². The van der Waals surface area contributed by atoms with Gasteiger partial charge in [0.05, 0.1) is 18.8 Å². The summed E-state index contributed by atoms with van der Waals surface area (Å²) in [6.07, 6.45) is 7.68. The quantitative estimate of drug-likeness (QED) is 0.151. The molecule has 0 saturated heterocycles. The molecule has 0 aromatic heterocycles. The summed E-state index contributed by atoms with van der Waals surface area (Å²) in [7, 11) is 0. The van der Waals surface area contributed by atoms with Crippen LogP contribution in [-0.2, 0) is 29.1 Å². The van der Waals surface area contributed by atoms with Crippen molar-refractivity contribution in [3.05, 3.63) is 65.2 Å². The number of amides is 1. The molecule has 0 spiro atoms. The average Bonchev–Trinajstić information content (AvgIpc) is 3.25. The Bertz CT molecular complexity index is 1030. The zero-order chi connectivity index (χ0) is 27.6. The number of ether oxygens (including phenoxy) is 1. The van der Waals surface area contributed by atoms with E-state index in [1.54, 1.807) is 0 Å². The third-order valence-corrected chi connectivity index (χ3v) is 8.31. The Morgan fingerprint density at radius 1 is 1.10 bits per heavy atom. The van der Waals surface area contributed by atoms with Gasteiger partial charge in [-0.05, 0) is 84.3 Å². The van der Waals surface area contributed by atoms with Crippen LogP contribution in [0.15, 0.2) is 48.5 Å². The number of carbonyl (C=O) groups excluding carboxylic acids is 1. The van der Waals surface area contributed by atoms with Crippen LogP contribution in [0.25, 0.3) is 0 Å². The first-order chi connectivity index (χ1) is 18.9. The lowest BCUT2D eigenvalue weighted by Gasteiger charge is -2.32. The van der Waals surface area contributed by atoms with Crippen molar-refractivity contribution < 1.29 is 29.8 Å². The molecule has 1 amide bonds. The Labute approximate surface area is 231 Å². The number of nitrogens with one attached hydrogen (secondary N) is 1. The molecule has 0 bridgehead atoms. The molecule has 1 fully saturated rings. The number of fused-ring (bicyclic) bond motifs is 2. The van der Waals surface area contributed by atoms with Gasteiger partial charge in [0.25, 0.3) is 5.91 Å². The monoisotopic (exact) mass is 540 g/mol. The molecule has 0 aliphatic heterocycles. The zero-order valence-electron chi connectivity index (χ0n) is 23.0. The van der Waals surface area contributed by atoms with Crippen molar-refractivity contribution in [2.45, 2.75) is 83.5 Å². The molecule has 8 heteroatoms. The van der Waals surface area contributed by atoms with Gasteiger partial charge < -0.3 is 20.3 Å². The van der Waals surface area contributed by atoms with Crippen molar-refractivity contribution in [3.8, 4) is 5.75 Å². The van der Waals surface area contributed by atoms with Crippen LogP contribution in [0.3, 0.4) is 0 Å². The maximum absolute atomic E-state index is 12.4. The second-order valence-electron chi connectivity index (χ2n) is 11.1. The summed E-state index contributed by atoms with van der Waals surface area (Å²) < 4.78 is 5.91. The van der Waals surface area contributed by atoms with Gasteiger partial charge >= 0.3 is 0 Å². The number of carbonyl (C=O) groups is 1. The number of aliphatic hydroxyl groups is 2.